The van der Waals surface area contributed by atoms with Crippen molar-refractivity contribution in [3.63, 3.8) is 0 Å². The van der Waals surface area contributed by atoms with E-state index < -0.39 is 18.6 Å². The van der Waals surface area contributed by atoms with Gasteiger partial charge in [-0.05, 0) is 32.4 Å². The first kappa shape index (κ1) is 20.7. The van der Waals surface area contributed by atoms with Crippen LogP contribution in [0.15, 0.2) is 6.20 Å². The summed E-state index contributed by atoms with van der Waals surface area (Å²) in [5.74, 6) is -0.712. The van der Waals surface area contributed by atoms with Gasteiger partial charge in [0, 0.05) is 6.54 Å². The number of nitrogens with one attached hydrogen (secondary N) is 1. The van der Waals surface area contributed by atoms with Crippen LogP contribution in [-0.4, -0.2) is 58.2 Å². The van der Waals surface area contributed by atoms with E-state index in [9.17, 15) is 18.0 Å². The van der Waals surface area contributed by atoms with Crippen molar-refractivity contribution in [2.75, 3.05) is 26.2 Å². The lowest BCUT2D eigenvalue weighted by Crippen LogP contribution is -2.39. The Labute approximate surface area is 145 Å². The van der Waals surface area contributed by atoms with E-state index in [-0.39, 0.29) is 30.7 Å². The minimum Gasteiger partial charge on any atom is -0.328 e. The van der Waals surface area contributed by atoms with Crippen molar-refractivity contribution in [2.45, 2.75) is 44.8 Å². The number of piperidine rings is 1. The number of rotatable bonds is 6. The highest BCUT2D eigenvalue weighted by Gasteiger charge is 2.34. The lowest BCUT2D eigenvalue weighted by atomic mass is 10.1. The molecule has 10 heteroatoms. The molecule has 0 aliphatic carbocycles. The predicted octanol–water partition coefficient (Wildman–Crippen LogP) is 2.43. The Balaban J connectivity index is 0.00000288. The Morgan fingerprint density at radius 2 is 2.08 bits per heavy atom. The highest BCUT2D eigenvalue weighted by molar-refractivity contribution is 5.92. The van der Waals surface area contributed by atoms with Gasteiger partial charge in [0.05, 0.1) is 12.2 Å². The van der Waals surface area contributed by atoms with E-state index in [0.717, 1.165) is 30.8 Å². The van der Waals surface area contributed by atoms with Crippen molar-refractivity contribution in [1.82, 2.24) is 25.2 Å². The van der Waals surface area contributed by atoms with Gasteiger partial charge in [0.25, 0.3) is 5.91 Å². The number of carbonyl (C=O) groups excluding carboxylic acids is 1. The summed E-state index contributed by atoms with van der Waals surface area (Å²) in [7, 11) is 0. The van der Waals surface area contributed by atoms with Gasteiger partial charge in [-0.15, -0.1) is 17.5 Å². The van der Waals surface area contributed by atoms with Crippen molar-refractivity contribution in [2.24, 2.45) is 0 Å². The lowest BCUT2D eigenvalue weighted by molar-refractivity contribution is -0.140. The molecule has 1 saturated heterocycles. The molecule has 1 N–H and O–H groups in total. The quantitative estimate of drug-likeness (QED) is 0.836. The van der Waals surface area contributed by atoms with E-state index in [1.54, 1.807) is 4.68 Å². The number of amides is 1. The van der Waals surface area contributed by atoms with Crippen LogP contribution in [0.1, 0.15) is 49.1 Å². The molecule has 1 amide bonds. The van der Waals surface area contributed by atoms with Crippen molar-refractivity contribution >= 4 is 18.3 Å². The van der Waals surface area contributed by atoms with Crippen LogP contribution < -0.4 is 5.32 Å². The van der Waals surface area contributed by atoms with E-state index in [2.05, 4.69) is 15.6 Å². The summed E-state index contributed by atoms with van der Waals surface area (Å²) in [5, 5.41) is 10.9. The summed E-state index contributed by atoms with van der Waals surface area (Å²) in [6.07, 6.45) is -0.00604. The van der Waals surface area contributed by atoms with Crippen molar-refractivity contribution in [3.05, 3.63) is 11.9 Å². The average molecular weight is 370 g/mol. The minimum absolute atomic E-state index is 0. The number of carbonyl (C=O) groups is 1. The van der Waals surface area contributed by atoms with Crippen LogP contribution in [-0.2, 0) is 0 Å². The zero-order valence-corrected chi connectivity index (χ0v) is 14.4. The lowest BCUT2D eigenvalue weighted by Gasteiger charge is -2.23. The maximum atomic E-state index is 12.7. The number of unbranched alkanes of at least 4 members (excludes halogenated alkanes) is 1. The smallest absolute Gasteiger partial charge is 0.328 e. The number of halogens is 4. The Bertz CT molecular complexity index is 517. The van der Waals surface area contributed by atoms with E-state index in [1.807, 2.05) is 6.92 Å². The summed E-state index contributed by atoms with van der Waals surface area (Å²) in [6, 6.07) is 0.136. The molecular formula is C14H23ClF3N5O. The predicted molar refractivity (Wildman–Crippen MR) is 85.3 cm³/mol. The molecule has 1 aromatic heterocycles. The van der Waals surface area contributed by atoms with Crippen LogP contribution in [0.25, 0.3) is 0 Å². The third kappa shape index (κ3) is 5.94. The van der Waals surface area contributed by atoms with Gasteiger partial charge in [0.1, 0.15) is 6.54 Å². The fraction of sp³-hybridized carbons (Fsp3) is 0.786. The van der Waals surface area contributed by atoms with Gasteiger partial charge < -0.3 is 10.2 Å². The topological polar surface area (TPSA) is 63.1 Å². The molecule has 1 aromatic rings. The molecule has 1 aliphatic heterocycles. The van der Waals surface area contributed by atoms with Crippen LogP contribution in [0.5, 0.6) is 0 Å². The molecular weight excluding hydrogens is 347 g/mol. The van der Waals surface area contributed by atoms with Crippen molar-refractivity contribution in [1.29, 1.82) is 0 Å². The Morgan fingerprint density at radius 3 is 2.67 bits per heavy atom. The fourth-order valence-electron chi connectivity index (χ4n) is 2.60. The van der Waals surface area contributed by atoms with E-state index >= 15 is 0 Å². The molecule has 1 aliphatic rings. The van der Waals surface area contributed by atoms with Gasteiger partial charge in [-0.2, -0.15) is 13.2 Å². The van der Waals surface area contributed by atoms with Gasteiger partial charge >= 0.3 is 6.18 Å². The second-order valence-electron chi connectivity index (χ2n) is 5.76. The number of hydrogen-bond donors (Lipinski definition) is 1. The molecule has 2 heterocycles. The second kappa shape index (κ2) is 9.22. The molecule has 2 rings (SSSR count). The highest BCUT2D eigenvalue weighted by Crippen LogP contribution is 2.20. The Morgan fingerprint density at radius 1 is 1.42 bits per heavy atom. The van der Waals surface area contributed by atoms with Crippen LogP contribution in [0, 0.1) is 0 Å². The molecule has 0 aromatic carbocycles. The van der Waals surface area contributed by atoms with Crippen molar-refractivity contribution in [3.8, 4) is 0 Å². The average Bonchev–Trinajstić information content (AvgIpc) is 3.00. The Hall–Kier alpha value is -1.35. The fourth-order valence-corrected chi connectivity index (χ4v) is 2.60. The number of hydrogen-bond acceptors (Lipinski definition) is 4. The van der Waals surface area contributed by atoms with E-state index in [1.165, 1.54) is 6.20 Å². The molecule has 6 nitrogen and oxygen atoms in total. The van der Waals surface area contributed by atoms with Crippen LogP contribution in [0.3, 0.4) is 0 Å². The summed E-state index contributed by atoms with van der Waals surface area (Å²) in [4.78, 5) is 13.1. The maximum Gasteiger partial charge on any atom is 0.406 e. The number of alkyl halides is 3. The molecule has 0 atom stereocenters. The monoisotopic (exact) mass is 369 g/mol. The van der Waals surface area contributed by atoms with E-state index in [4.69, 9.17) is 0 Å². The summed E-state index contributed by atoms with van der Waals surface area (Å²) >= 11 is 0. The number of nitrogens with zero attached hydrogens (tertiary/aromatic N) is 4. The van der Waals surface area contributed by atoms with Crippen LogP contribution in [0.2, 0.25) is 0 Å². The SMILES string of the molecule is CCCCN(CC(F)(F)F)C(=O)c1cn(C2CCNCC2)nn1.Cl. The number of aromatic nitrogens is 3. The van der Waals surface area contributed by atoms with Crippen LogP contribution in [0.4, 0.5) is 13.2 Å². The van der Waals surface area contributed by atoms with Crippen molar-refractivity contribution < 1.29 is 18.0 Å². The first-order valence-electron chi connectivity index (χ1n) is 7.89. The second-order valence-corrected chi connectivity index (χ2v) is 5.76. The third-order valence-corrected chi connectivity index (χ3v) is 3.85. The van der Waals surface area contributed by atoms with E-state index in [0.29, 0.717) is 12.8 Å². The Kier molecular flexibility index (Phi) is 7.95. The van der Waals surface area contributed by atoms with Gasteiger partial charge in [0.15, 0.2) is 5.69 Å². The molecule has 24 heavy (non-hydrogen) atoms. The van der Waals surface area contributed by atoms with Gasteiger partial charge in [0.2, 0.25) is 0 Å². The standard InChI is InChI=1S/C14H22F3N5O.ClH/c1-2-3-8-21(10-14(15,16)17)13(23)12-9-22(20-19-12)11-4-6-18-7-5-11;/h9,11,18H,2-8,10H2,1H3;1H. The normalized spacial score (nSPS) is 15.8. The summed E-state index contributed by atoms with van der Waals surface area (Å²) in [5.41, 5.74) is -0.0242. The molecule has 138 valence electrons. The first-order chi connectivity index (χ1) is 10.9. The highest BCUT2D eigenvalue weighted by atomic mass is 35.5. The molecule has 0 unspecified atom stereocenters. The summed E-state index contributed by atoms with van der Waals surface area (Å²) in [6.45, 7) is 2.37. The molecule has 1 fully saturated rings. The van der Waals surface area contributed by atoms with Crippen LogP contribution >= 0.6 is 12.4 Å². The third-order valence-electron chi connectivity index (χ3n) is 3.85. The summed E-state index contributed by atoms with van der Waals surface area (Å²) < 4.78 is 39.6. The zero-order valence-electron chi connectivity index (χ0n) is 13.6. The van der Waals surface area contributed by atoms with Gasteiger partial charge in [-0.3, -0.25) is 4.79 Å². The molecule has 0 bridgehead atoms. The van der Waals surface area contributed by atoms with Gasteiger partial charge in [-0.1, -0.05) is 18.6 Å². The largest absolute Gasteiger partial charge is 0.406 e. The maximum absolute atomic E-state index is 12.7. The molecule has 0 saturated carbocycles. The first-order valence-corrected chi connectivity index (χ1v) is 7.89. The zero-order chi connectivity index (χ0) is 16.9. The molecule has 0 radical (unpaired) electrons. The minimum atomic E-state index is -4.42. The van der Waals surface area contributed by atoms with Gasteiger partial charge in [-0.25, -0.2) is 4.68 Å². The molecule has 0 spiro atoms.